The van der Waals surface area contributed by atoms with Crippen LogP contribution in [0.2, 0.25) is 0 Å². The molecule has 106 valence electrons. The summed E-state index contributed by atoms with van der Waals surface area (Å²) in [5, 5.41) is 9.69. The fourth-order valence-electron chi connectivity index (χ4n) is 2.21. The lowest BCUT2D eigenvalue weighted by Crippen LogP contribution is -2.17. The Hall–Kier alpha value is -1.95. The van der Waals surface area contributed by atoms with E-state index in [1.807, 2.05) is 37.5 Å². The highest BCUT2D eigenvalue weighted by atomic mass is 32.1. The summed E-state index contributed by atoms with van der Waals surface area (Å²) in [6.45, 7) is 6.67. The standard InChI is InChI=1S/C14H18N4OS/c1-4-18-12(16-17-14(18)20)8-13(19)15-11-6-9(2)5-10(3)7-11/h5-7H,4,8H2,1-3H3,(H,15,19)(H,17,20). The van der Waals surface area contributed by atoms with Crippen molar-refractivity contribution >= 4 is 23.8 Å². The van der Waals surface area contributed by atoms with E-state index >= 15 is 0 Å². The molecule has 20 heavy (non-hydrogen) atoms. The Morgan fingerprint density at radius 1 is 1.35 bits per heavy atom. The molecule has 5 nitrogen and oxygen atoms in total. The third kappa shape index (κ3) is 3.33. The van der Waals surface area contributed by atoms with Gasteiger partial charge in [0.15, 0.2) is 4.77 Å². The summed E-state index contributed by atoms with van der Waals surface area (Å²) in [5.41, 5.74) is 3.05. The number of nitrogens with zero attached hydrogens (tertiary/aromatic N) is 2. The first-order valence-electron chi connectivity index (χ1n) is 6.52. The molecule has 2 N–H and O–H groups in total. The van der Waals surface area contributed by atoms with Crippen molar-refractivity contribution in [3.8, 4) is 0 Å². The second-order valence-corrected chi connectivity index (χ2v) is 5.18. The lowest BCUT2D eigenvalue weighted by Gasteiger charge is -2.08. The zero-order chi connectivity index (χ0) is 14.7. The van der Waals surface area contributed by atoms with Crippen molar-refractivity contribution < 1.29 is 4.79 Å². The molecule has 0 radical (unpaired) electrons. The smallest absolute Gasteiger partial charge is 0.232 e. The molecule has 2 rings (SSSR count). The van der Waals surface area contributed by atoms with E-state index in [2.05, 4.69) is 21.6 Å². The highest BCUT2D eigenvalue weighted by Crippen LogP contribution is 2.14. The van der Waals surface area contributed by atoms with Gasteiger partial charge in [-0.2, -0.15) is 5.10 Å². The van der Waals surface area contributed by atoms with E-state index in [9.17, 15) is 4.79 Å². The van der Waals surface area contributed by atoms with Gasteiger partial charge >= 0.3 is 0 Å². The van der Waals surface area contributed by atoms with E-state index in [0.717, 1.165) is 16.8 Å². The molecule has 0 aliphatic rings. The summed E-state index contributed by atoms with van der Waals surface area (Å²) < 4.78 is 2.36. The molecule has 0 saturated carbocycles. The van der Waals surface area contributed by atoms with Crippen LogP contribution in [0.4, 0.5) is 5.69 Å². The van der Waals surface area contributed by atoms with Crippen LogP contribution in [0.15, 0.2) is 18.2 Å². The Morgan fingerprint density at radius 3 is 2.60 bits per heavy atom. The molecule has 0 aliphatic heterocycles. The van der Waals surface area contributed by atoms with E-state index in [0.29, 0.717) is 17.1 Å². The van der Waals surface area contributed by atoms with Gasteiger partial charge < -0.3 is 9.88 Å². The van der Waals surface area contributed by atoms with Crippen LogP contribution in [-0.4, -0.2) is 20.7 Å². The van der Waals surface area contributed by atoms with Gasteiger partial charge in [0.2, 0.25) is 5.91 Å². The maximum Gasteiger partial charge on any atom is 0.232 e. The van der Waals surface area contributed by atoms with Gasteiger partial charge in [-0.3, -0.25) is 9.89 Å². The summed E-state index contributed by atoms with van der Waals surface area (Å²) in [4.78, 5) is 12.1. The summed E-state index contributed by atoms with van der Waals surface area (Å²) >= 11 is 5.10. The molecule has 0 aliphatic carbocycles. The number of hydrogen-bond acceptors (Lipinski definition) is 3. The number of anilines is 1. The Bertz CT molecular complexity index is 666. The average molecular weight is 290 g/mol. The maximum absolute atomic E-state index is 12.1. The van der Waals surface area contributed by atoms with Crippen LogP contribution in [0.5, 0.6) is 0 Å². The maximum atomic E-state index is 12.1. The number of H-pyrrole nitrogens is 1. The predicted molar refractivity (Wildman–Crippen MR) is 81.3 cm³/mol. The Balaban J connectivity index is 2.11. The molecule has 0 saturated heterocycles. The number of hydrogen-bond donors (Lipinski definition) is 2. The third-order valence-electron chi connectivity index (χ3n) is 2.98. The molecule has 1 amide bonds. The molecule has 0 bridgehead atoms. The minimum absolute atomic E-state index is 0.0984. The van der Waals surface area contributed by atoms with E-state index in [4.69, 9.17) is 12.2 Å². The van der Waals surface area contributed by atoms with Gasteiger partial charge in [0.05, 0.1) is 6.42 Å². The minimum atomic E-state index is -0.0984. The van der Waals surface area contributed by atoms with Crippen LogP contribution in [0.1, 0.15) is 23.9 Å². The van der Waals surface area contributed by atoms with E-state index < -0.39 is 0 Å². The lowest BCUT2D eigenvalue weighted by molar-refractivity contribution is -0.115. The number of aryl methyl sites for hydroxylation is 2. The fourth-order valence-corrected chi connectivity index (χ4v) is 2.49. The second kappa shape index (κ2) is 6.00. The van der Waals surface area contributed by atoms with Crippen LogP contribution in [0.25, 0.3) is 0 Å². The molecule has 1 heterocycles. The van der Waals surface area contributed by atoms with Gasteiger partial charge in [-0.1, -0.05) is 6.07 Å². The molecule has 0 atom stereocenters. The molecule has 0 unspecified atom stereocenters. The summed E-state index contributed by atoms with van der Waals surface area (Å²) in [5.74, 6) is 0.554. The van der Waals surface area contributed by atoms with Gasteiger partial charge in [0, 0.05) is 12.2 Å². The van der Waals surface area contributed by atoms with Crippen LogP contribution >= 0.6 is 12.2 Å². The van der Waals surface area contributed by atoms with Crippen molar-refractivity contribution in [2.45, 2.75) is 33.7 Å². The minimum Gasteiger partial charge on any atom is -0.326 e. The molecule has 2 aromatic rings. The van der Waals surface area contributed by atoms with Crippen molar-refractivity contribution in [2.24, 2.45) is 0 Å². The van der Waals surface area contributed by atoms with Gasteiger partial charge in [-0.25, -0.2) is 0 Å². The molecule has 0 spiro atoms. The van der Waals surface area contributed by atoms with Gasteiger partial charge in [0.1, 0.15) is 5.82 Å². The van der Waals surface area contributed by atoms with Crippen molar-refractivity contribution in [3.63, 3.8) is 0 Å². The number of benzene rings is 1. The predicted octanol–water partition coefficient (Wildman–Crippen LogP) is 2.76. The second-order valence-electron chi connectivity index (χ2n) is 4.79. The molecule has 0 fully saturated rings. The summed E-state index contributed by atoms with van der Waals surface area (Å²) in [7, 11) is 0. The van der Waals surface area contributed by atoms with E-state index in [1.165, 1.54) is 0 Å². The number of aromatic nitrogens is 3. The largest absolute Gasteiger partial charge is 0.326 e. The Kier molecular flexibility index (Phi) is 4.34. The normalized spacial score (nSPS) is 10.6. The van der Waals surface area contributed by atoms with E-state index in [1.54, 1.807) is 0 Å². The SMILES string of the molecule is CCn1c(CC(=O)Nc2cc(C)cc(C)c2)n[nH]c1=S. The number of carbonyl (C=O) groups excluding carboxylic acids is 1. The van der Waals surface area contributed by atoms with Crippen molar-refractivity contribution in [2.75, 3.05) is 5.32 Å². The lowest BCUT2D eigenvalue weighted by atomic mass is 10.1. The first-order valence-corrected chi connectivity index (χ1v) is 6.92. The highest BCUT2D eigenvalue weighted by molar-refractivity contribution is 7.71. The van der Waals surface area contributed by atoms with Crippen LogP contribution in [-0.2, 0) is 17.8 Å². The first kappa shape index (κ1) is 14.5. The third-order valence-corrected chi connectivity index (χ3v) is 3.29. The molecule has 1 aromatic carbocycles. The average Bonchev–Trinajstić information content (AvgIpc) is 2.68. The quantitative estimate of drug-likeness (QED) is 0.851. The number of nitrogens with one attached hydrogen (secondary N) is 2. The fraction of sp³-hybridized carbons (Fsp3) is 0.357. The summed E-state index contributed by atoms with van der Waals surface area (Å²) in [6.07, 6.45) is 0.202. The Morgan fingerprint density at radius 2 is 2.00 bits per heavy atom. The van der Waals surface area contributed by atoms with Crippen LogP contribution in [0, 0.1) is 18.6 Å². The number of rotatable bonds is 4. The first-order chi connectivity index (χ1) is 9.49. The molecule has 6 heteroatoms. The van der Waals surface area contributed by atoms with Crippen LogP contribution in [0.3, 0.4) is 0 Å². The molecular formula is C14H18N4OS. The number of amides is 1. The topological polar surface area (TPSA) is 62.7 Å². The van der Waals surface area contributed by atoms with Crippen molar-refractivity contribution in [3.05, 3.63) is 39.9 Å². The molecule has 1 aromatic heterocycles. The zero-order valence-corrected chi connectivity index (χ0v) is 12.7. The van der Waals surface area contributed by atoms with Gasteiger partial charge in [0.25, 0.3) is 0 Å². The highest BCUT2D eigenvalue weighted by Gasteiger charge is 2.10. The van der Waals surface area contributed by atoms with E-state index in [-0.39, 0.29) is 12.3 Å². The molecular weight excluding hydrogens is 272 g/mol. The number of aromatic amines is 1. The van der Waals surface area contributed by atoms with Gasteiger partial charge in [-0.05, 0) is 56.2 Å². The van der Waals surface area contributed by atoms with Gasteiger partial charge in [-0.15, -0.1) is 0 Å². The number of carbonyl (C=O) groups is 1. The van der Waals surface area contributed by atoms with Crippen LogP contribution < -0.4 is 5.32 Å². The summed E-state index contributed by atoms with van der Waals surface area (Å²) in [6, 6.07) is 5.96. The van der Waals surface area contributed by atoms with Crippen molar-refractivity contribution in [1.82, 2.24) is 14.8 Å². The monoisotopic (exact) mass is 290 g/mol. The zero-order valence-electron chi connectivity index (χ0n) is 11.9. The van der Waals surface area contributed by atoms with Crippen molar-refractivity contribution in [1.29, 1.82) is 0 Å². The Labute approximate surface area is 123 Å².